The van der Waals surface area contributed by atoms with Crippen molar-refractivity contribution >= 4 is 23.4 Å². The Bertz CT molecular complexity index is 759. The number of rotatable bonds is 4. The van der Waals surface area contributed by atoms with E-state index in [4.69, 9.17) is 0 Å². The maximum absolute atomic E-state index is 12.8. The Hall–Kier alpha value is -2.95. The number of nitrogens with zero attached hydrogens (tertiary/aromatic N) is 2. The van der Waals surface area contributed by atoms with E-state index in [2.05, 4.69) is 0 Å². The van der Waals surface area contributed by atoms with Crippen LogP contribution in [0.5, 0.6) is 0 Å². The molecule has 2 aromatic rings. The van der Waals surface area contributed by atoms with Crippen molar-refractivity contribution in [2.24, 2.45) is 0 Å². The molecule has 1 aliphatic heterocycles. The van der Waals surface area contributed by atoms with Crippen LogP contribution in [0.1, 0.15) is 18.9 Å². The summed E-state index contributed by atoms with van der Waals surface area (Å²) in [4.78, 5) is 39.8. The molecule has 0 bridgehead atoms. The van der Waals surface area contributed by atoms with Crippen LogP contribution in [0.15, 0.2) is 60.7 Å². The van der Waals surface area contributed by atoms with Gasteiger partial charge in [0.1, 0.15) is 6.04 Å². The average molecular weight is 322 g/mol. The molecule has 0 spiro atoms. The van der Waals surface area contributed by atoms with Crippen molar-refractivity contribution in [1.29, 1.82) is 0 Å². The molecule has 3 amide bonds. The summed E-state index contributed by atoms with van der Waals surface area (Å²) in [5.41, 5.74) is 1.46. The molecule has 5 nitrogen and oxygen atoms in total. The van der Waals surface area contributed by atoms with Gasteiger partial charge in [0.05, 0.1) is 12.1 Å². The largest absolute Gasteiger partial charge is 0.326 e. The molecule has 3 rings (SSSR count). The highest BCUT2D eigenvalue weighted by Gasteiger charge is 2.43. The van der Waals surface area contributed by atoms with E-state index in [1.807, 2.05) is 36.4 Å². The van der Waals surface area contributed by atoms with Crippen LogP contribution < -0.4 is 4.90 Å². The first kappa shape index (κ1) is 15.9. The van der Waals surface area contributed by atoms with Gasteiger partial charge in [-0.1, -0.05) is 48.5 Å². The summed E-state index contributed by atoms with van der Waals surface area (Å²) in [6.45, 7) is 1.73. The van der Waals surface area contributed by atoms with Crippen LogP contribution in [-0.2, 0) is 20.9 Å². The molecule has 1 atom stereocenters. The van der Waals surface area contributed by atoms with E-state index in [0.29, 0.717) is 12.2 Å². The van der Waals surface area contributed by atoms with Gasteiger partial charge >= 0.3 is 0 Å². The van der Waals surface area contributed by atoms with E-state index in [1.165, 1.54) is 16.7 Å². The van der Waals surface area contributed by atoms with Crippen molar-refractivity contribution in [3.8, 4) is 0 Å². The Balaban J connectivity index is 1.86. The Labute approximate surface area is 140 Å². The summed E-state index contributed by atoms with van der Waals surface area (Å²) in [7, 11) is 0. The summed E-state index contributed by atoms with van der Waals surface area (Å²) < 4.78 is 0. The van der Waals surface area contributed by atoms with E-state index in [1.54, 1.807) is 24.3 Å². The zero-order valence-electron chi connectivity index (χ0n) is 13.4. The maximum Gasteiger partial charge on any atom is 0.257 e. The van der Waals surface area contributed by atoms with Crippen LogP contribution in [0.25, 0.3) is 0 Å². The molecular weight excluding hydrogens is 304 g/mol. The van der Waals surface area contributed by atoms with Gasteiger partial charge in [-0.25, -0.2) is 4.90 Å². The second-order valence-electron chi connectivity index (χ2n) is 5.76. The molecule has 122 valence electrons. The van der Waals surface area contributed by atoms with Gasteiger partial charge in [0, 0.05) is 13.5 Å². The third-order valence-corrected chi connectivity index (χ3v) is 4.11. The molecular formula is C19H18N2O3. The second kappa shape index (κ2) is 6.66. The molecule has 0 aromatic heterocycles. The number of para-hydroxylation sites is 1. The lowest BCUT2D eigenvalue weighted by Crippen LogP contribution is -2.44. The van der Waals surface area contributed by atoms with Crippen LogP contribution in [-0.4, -0.2) is 28.7 Å². The van der Waals surface area contributed by atoms with Gasteiger partial charge in [-0.05, 0) is 17.7 Å². The molecule has 0 radical (unpaired) electrons. The summed E-state index contributed by atoms with van der Waals surface area (Å²) in [6, 6.07) is 17.5. The van der Waals surface area contributed by atoms with Gasteiger partial charge < -0.3 is 4.90 Å². The average Bonchev–Trinajstić information content (AvgIpc) is 2.88. The van der Waals surface area contributed by atoms with Gasteiger partial charge in [-0.2, -0.15) is 0 Å². The van der Waals surface area contributed by atoms with Crippen LogP contribution in [0, 0.1) is 0 Å². The quantitative estimate of drug-likeness (QED) is 0.812. The molecule has 1 heterocycles. The number of hydrogen-bond acceptors (Lipinski definition) is 3. The van der Waals surface area contributed by atoms with Gasteiger partial charge in [0.25, 0.3) is 5.91 Å². The monoisotopic (exact) mass is 322 g/mol. The fraction of sp³-hybridized carbons (Fsp3) is 0.211. The highest BCUT2D eigenvalue weighted by Crippen LogP contribution is 2.26. The van der Waals surface area contributed by atoms with E-state index in [0.717, 1.165) is 5.56 Å². The lowest BCUT2D eigenvalue weighted by Gasteiger charge is -2.26. The summed E-state index contributed by atoms with van der Waals surface area (Å²) in [5.74, 6) is -0.854. The topological polar surface area (TPSA) is 57.7 Å². The molecule has 1 aliphatic rings. The van der Waals surface area contributed by atoms with E-state index < -0.39 is 6.04 Å². The van der Waals surface area contributed by atoms with Crippen LogP contribution >= 0.6 is 0 Å². The molecule has 0 N–H and O–H groups in total. The number of carbonyl (C=O) groups is 3. The van der Waals surface area contributed by atoms with Crippen molar-refractivity contribution in [2.45, 2.75) is 25.9 Å². The minimum Gasteiger partial charge on any atom is -0.326 e. The van der Waals surface area contributed by atoms with Gasteiger partial charge in [0.2, 0.25) is 11.8 Å². The first-order valence-electron chi connectivity index (χ1n) is 7.81. The molecule has 2 aromatic carbocycles. The minimum absolute atomic E-state index is 0.0140. The normalized spacial score (nSPS) is 17.2. The van der Waals surface area contributed by atoms with Crippen molar-refractivity contribution in [3.05, 3.63) is 66.2 Å². The van der Waals surface area contributed by atoms with E-state index in [-0.39, 0.29) is 24.1 Å². The highest BCUT2D eigenvalue weighted by atomic mass is 16.2. The summed E-state index contributed by atoms with van der Waals surface area (Å²) in [5, 5.41) is 0. The molecule has 24 heavy (non-hydrogen) atoms. The maximum atomic E-state index is 12.8. The number of carbonyl (C=O) groups excluding carboxylic acids is 3. The van der Waals surface area contributed by atoms with Crippen LogP contribution in [0.2, 0.25) is 0 Å². The zero-order chi connectivity index (χ0) is 17.1. The third kappa shape index (κ3) is 3.06. The Morgan fingerprint density at radius 3 is 2.21 bits per heavy atom. The van der Waals surface area contributed by atoms with E-state index >= 15 is 0 Å². The smallest absolute Gasteiger partial charge is 0.257 e. The van der Waals surface area contributed by atoms with Crippen molar-refractivity contribution < 1.29 is 14.4 Å². The van der Waals surface area contributed by atoms with Crippen molar-refractivity contribution in [2.75, 3.05) is 4.90 Å². The Kier molecular flexibility index (Phi) is 4.42. The Morgan fingerprint density at radius 2 is 1.62 bits per heavy atom. The first-order valence-corrected chi connectivity index (χ1v) is 7.81. The summed E-state index contributed by atoms with van der Waals surface area (Å²) in [6.07, 6.45) is 0.0140. The fourth-order valence-corrected chi connectivity index (χ4v) is 2.93. The minimum atomic E-state index is -0.754. The number of amides is 3. The lowest BCUT2D eigenvalue weighted by atomic mass is 10.1. The van der Waals surface area contributed by atoms with Crippen molar-refractivity contribution in [3.63, 3.8) is 0 Å². The number of anilines is 1. The van der Waals surface area contributed by atoms with Crippen LogP contribution in [0.4, 0.5) is 5.69 Å². The molecule has 0 unspecified atom stereocenters. The summed E-state index contributed by atoms with van der Waals surface area (Å²) >= 11 is 0. The SMILES string of the molecule is CC(=O)N(Cc1ccccc1)[C@@H]1CC(=O)N(c2ccccc2)C1=O. The van der Waals surface area contributed by atoms with Crippen molar-refractivity contribution in [1.82, 2.24) is 4.90 Å². The number of hydrogen-bond donors (Lipinski definition) is 0. The van der Waals surface area contributed by atoms with Crippen LogP contribution in [0.3, 0.4) is 0 Å². The second-order valence-corrected chi connectivity index (χ2v) is 5.76. The Morgan fingerprint density at radius 1 is 1.04 bits per heavy atom. The van der Waals surface area contributed by atoms with Gasteiger partial charge in [0.15, 0.2) is 0 Å². The number of benzene rings is 2. The highest BCUT2D eigenvalue weighted by molar-refractivity contribution is 6.22. The van der Waals surface area contributed by atoms with Gasteiger partial charge in [-0.15, -0.1) is 0 Å². The zero-order valence-corrected chi connectivity index (χ0v) is 13.4. The number of imide groups is 1. The first-order chi connectivity index (χ1) is 11.6. The third-order valence-electron chi connectivity index (χ3n) is 4.11. The molecule has 5 heteroatoms. The fourth-order valence-electron chi connectivity index (χ4n) is 2.93. The van der Waals surface area contributed by atoms with Gasteiger partial charge in [-0.3, -0.25) is 14.4 Å². The molecule has 1 fully saturated rings. The standard InChI is InChI=1S/C19H18N2O3/c1-14(22)20(13-15-8-4-2-5-9-15)17-12-18(23)21(19(17)24)16-10-6-3-7-11-16/h2-11,17H,12-13H2,1H3/t17-/m1/s1. The van der Waals surface area contributed by atoms with E-state index in [9.17, 15) is 14.4 Å². The molecule has 1 saturated heterocycles. The molecule has 0 saturated carbocycles. The molecule has 0 aliphatic carbocycles. The predicted octanol–water partition coefficient (Wildman–Crippen LogP) is 2.37. The lowest BCUT2D eigenvalue weighted by molar-refractivity contribution is -0.137. The predicted molar refractivity (Wildman–Crippen MR) is 90.0 cm³/mol.